The Bertz CT molecular complexity index is 1300. The molecule has 1 aliphatic rings. The zero-order valence-electron chi connectivity index (χ0n) is 17.6. The zero-order chi connectivity index (χ0) is 23.7. The van der Waals surface area contributed by atoms with Crippen LogP contribution < -0.4 is 26.2 Å². The Morgan fingerprint density at radius 1 is 1.15 bits per heavy atom. The van der Waals surface area contributed by atoms with Crippen LogP contribution in [0.1, 0.15) is 23.5 Å². The van der Waals surface area contributed by atoms with Crippen LogP contribution >= 0.6 is 23.2 Å². The van der Waals surface area contributed by atoms with Crippen LogP contribution in [0.25, 0.3) is 0 Å². The van der Waals surface area contributed by atoms with Crippen LogP contribution in [0.15, 0.2) is 41.2 Å². The number of halogens is 2. The minimum Gasteiger partial charge on any atom is -0.497 e. The molecule has 0 spiro atoms. The van der Waals surface area contributed by atoms with Crippen molar-refractivity contribution in [2.75, 3.05) is 23.1 Å². The molecule has 11 heteroatoms. The molecule has 0 aliphatic carbocycles. The Kier molecular flexibility index (Phi) is 6.26. The van der Waals surface area contributed by atoms with Crippen molar-refractivity contribution >= 4 is 58.2 Å². The average Bonchev–Trinajstić information content (AvgIpc) is 2.73. The van der Waals surface area contributed by atoms with E-state index in [1.54, 1.807) is 36.4 Å². The van der Waals surface area contributed by atoms with E-state index in [1.807, 2.05) is 6.92 Å². The lowest BCUT2D eigenvalue weighted by Crippen LogP contribution is -2.36. The summed E-state index contributed by atoms with van der Waals surface area (Å²) >= 11 is 12.0. The number of benzene rings is 2. The summed E-state index contributed by atoms with van der Waals surface area (Å²) in [6.45, 7) is 1.82. The van der Waals surface area contributed by atoms with E-state index in [-0.39, 0.29) is 23.8 Å². The predicted molar refractivity (Wildman–Crippen MR) is 127 cm³/mol. The van der Waals surface area contributed by atoms with Crippen LogP contribution in [0.5, 0.6) is 5.75 Å². The first-order valence-electron chi connectivity index (χ1n) is 9.86. The summed E-state index contributed by atoms with van der Waals surface area (Å²) in [4.78, 5) is 45.2. The topological polar surface area (TPSA) is 125 Å². The molecule has 4 rings (SSSR count). The molecule has 0 radical (unpaired) electrons. The first-order chi connectivity index (χ1) is 15.7. The summed E-state index contributed by atoms with van der Waals surface area (Å²) in [6, 6.07) is 9.98. The van der Waals surface area contributed by atoms with Crippen molar-refractivity contribution in [1.29, 1.82) is 0 Å². The van der Waals surface area contributed by atoms with Gasteiger partial charge < -0.3 is 20.7 Å². The van der Waals surface area contributed by atoms with Crippen molar-refractivity contribution < 1.29 is 14.3 Å². The van der Waals surface area contributed by atoms with Gasteiger partial charge in [0.1, 0.15) is 11.6 Å². The fraction of sp³-hybridized carbons (Fsp3) is 0.182. The van der Waals surface area contributed by atoms with Gasteiger partial charge in [0.2, 0.25) is 17.8 Å². The fourth-order valence-electron chi connectivity index (χ4n) is 3.50. The fourth-order valence-corrected chi connectivity index (χ4v) is 4.03. The van der Waals surface area contributed by atoms with E-state index in [0.717, 1.165) is 5.56 Å². The Morgan fingerprint density at radius 3 is 2.58 bits per heavy atom. The van der Waals surface area contributed by atoms with Crippen molar-refractivity contribution in [2.24, 2.45) is 0 Å². The maximum absolute atomic E-state index is 13.1. The molecule has 0 bridgehead atoms. The number of anilines is 4. The van der Waals surface area contributed by atoms with Crippen LogP contribution in [-0.2, 0) is 9.59 Å². The second-order valence-electron chi connectivity index (χ2n) is 7.43. The molecule has 0 saturated heterocycles. The highest BCUT2D eigenvalue weighted by molar-refractivity contribution is 6.35. The minimum atomic E-state index is -1.02. The van der Waals surface area contributed by atoms with Gasteiger partial charge in [0.15, 0.2) is 0 Å². The van der Waals surface area contributed by atoms with Gasteiger partial charge in [0, 0.05) is 33.9 Å². The SMILES string of the molecule is COc1ccc(C)c(NC(=O)C2CC(=O)Nc3nc(Nc4cc(Cl)cc(Cl)c4)[nH]c(=O)c32)c1. The summed E-state index contributed by atoms with van der Waals surface area (Å²) in [5.41, 5.74) is 1.32. The number of methoxy groups -OCH3 is 1. The molecule has 170 valence electrons. The number of H-pyrrole nitrogens is 1. The number of nitrogens with one attached hydrogen (secondary N) is 4. The number of amides is 2. The lowest BCUT2D eigenvalue weighted by Gasteiger charge is -2.24. The molecule has 2 heterocycles. The Labute approximate surface area is 198 Å². The van der Waals surface area contributed by atoms with Gasteiger partial charge in [0.05, 0.1) is 18.6 Å². The Hall–Kier alpha value is -3.56. The summed E-state index contributed by atoms with van der Waals surface area (Å²) in [6.07, 6.45) is -0.191. The van der Waals surface area contributed by atoms with Crippen LogP contribution in [0, 0.1) is 6.92 Å². The number of aryl methyl sites for hydroxylation is 1. The molecular formula is C22H19Cl2N5O4. The molecular weight excluding hydrogens is 469 g/mol. The molecule has 0 saturated carbocycles. The number of ether oxygens (including phenoxy) is 1. The van der Waals surface area contributed by atoms with Crippen LogP contribution in [0.4, 0.5) is 23.1 Å². The molecule has 1 unspecified atom stereocenters. The highest BCUT2D eigenvalue weighted by Crippen LogP contribution is 2.32. The Balaban J connectivity index is 1.65. The lowest BCUT2D eigenvalue weighted by molar-refractivity contribution is -0.123. The molecule has 3 aromatic rings. The van der Waals surface area contributed by atoms with Crippen LogP contribution in [0.3, 0.4) is 0 Å². The van der Waals surface area contributed by atoms with Gasteiger partial charge in [-0.3, -0.25) is 19.4 Å². The maximum Gasteiger partial charge on any atom is 0.258 e. The summed E-state index contributed by atoms with van der Waals surface area (Å²) in [7, 11) is 1.52. The molecule has 4 N–H and O–H groups in total. The van der Waals surface area contributed by atoms with Crippen molar-refractivity contribution in [3.63, 3.8) is 0 Å². The number of carbonyl (C=O) groups excluding carboxylic acids is 2. The van der Waals surface area contributed by atoms with Gasteiger partial charge in [-0.15, -0.1) is 0 Å². The molecule has 33 heavy (non-hydrogen) atoms. The third kappa shape index (κ3) is 4.94. The number of carbonyl (C=O) groups is 2. The third-order valence-corrected chi connectivity index (χ3v) is 5.53. The molecule has 1 aliphatic heterocycles. The predicted octanol–water partition coefficient (Wildman–Crippen LogP) is 4.20. The van der Waals surface area contributed by atoms with Gasteiger partial charge in [-0.1, -0.05) is 29.3 Å². The quantitative estimate of drug-likeness (QED) is 0.427. The number of hydrogen-bond donors (Lipinski definition) is 4. The van der Waals surface area contributed by atoms with E-state index >= 15 is 0 Å². The van der Waals surface area contributed by atoms with Gasteiger partial charge in [0.25, 0.3) is 5.56 Å². The molecule has 9 nitrogen and oxygen atoms in total. The van der Waals surface area contributed by atoms with Gasteiger partial charge in [-0.2, -0.15) is 4.98 Å². The van der Waals surface area contributed by atoms with Crippen LogP contribution in [-0.4, -0.2) is 28.9 Å². The monoisotopic (exact) mass is 487 g/mol. The smallest absolute Gasteiger partial charge is 0.258 e. The van der Waals surface area contributed by atoms with E-state index in [9.17, 15) is 14.4 Å². The zero-order valence-corrected chi connectivity index (χ0v) is 19.1. The van der Waals surface area contributed by atoms with E-state index in [1.165, 1.54) is 7.11 Å². The summed E-state index contributed by atoms with van der Waals surface area (Å²) in [5.74, 6) is -1.33. The third-order valence-electron chi connectivity index (χ3n) is 5.10. The average molecular weight is 488 g/mol. The lowest BCUT2D eigenvalue weighted by atomic mass is 9.92. The van der Waals surface area contributed by atoms with E-state index < -0.39 is 23.3 Å². The van der Waals surface area contributed by atoms with E-state index in [2.05, 4.69) is 25.9 Å². The minimum absolute atomic E-state index is 0.00754. The molecule has 2 amide bonds. The number of hydrogen-bond acceptors (Lipinski definition) is 6. The maximum atomic E-state index is 13.1. The summed E-state index contributed by atoms with van der Waals surface area (Å²) < 4.78 is 5.20. The van der Waals surface area contributed by atoms with Crippen molar-refractivity contribution in [2.45, 2.75) is 19.3 Å². The van der Waals surface area contributed by atoms with Gasteiger partial charge >= 0.3 is 0 Å². The molecule has 0 fully saturated rings. The number of aromatic nitrogens is 2. The second kappa shape index (κ2) is 9.13. The number of aromatic amines is 1. The first kappa shape index (κ1) is 22.6. The second-order valence-corrected chi connectivity index (χ2v) is 8.31. The number of nitrogens with zero attached hydrogens (tertiary/aromatic N) is 1. The number of rotatable bonds is 5. The highest BCUT2D eigenvalue weighted by Gasteiger charge is 2.35. The Morgan fingerprint density at radius 2 is 1.88 bits per heavy atom. The first-order valence-corrected chi connectivity index (χ1v) is 10.6. The number of fused-ring (bicyclic) bond motifs is 1. The van der Waals surface area contributed by atoms with Gasteiger partial charge in [-0.25, -0.2) is 0 Å². The largest absolute Gasteiger partial charge is 0.497 e. The van der Waals surface area contributed by atoms with E-state index in [4.69, 9.17) is 27.9 Å². The van der Waals surface area contributed by atoms with Gasteiger partial charge in [-0.05, 0) is 36.8 Å². The van der Waals surface area contributed by atoms with E-state index in [0.29, 0.717) is 27.2 Å². The summed E-state index contributed by atoms with van der Waals surface area (Å²) in [5, 5.41) is 9.03. The highest BCUT2D eigenvalue weighted by atomic mass is 35.5. The van der Waals surface area contributed by atoms with Crippen molar-refractivity contribution in [3.8, 4) is 5.75 Å². The normalized spacial score (nSPS) is 14.8. The molecule has 1 aromatic heterocycles. The van der Waals surface area contributed by atoms with Crippen LogP contribution in [0.2, 0.25) is 10.0 Å². The van der Waals surface area contributed by atoms with Crippen molar-refractivity contribution in [3.05, 3.63) is 67.9 Å². The molecule has 2 aromatic carbocycles. The van der Waals surface area contributed by atoms with Crippen molar-refractivity contribution in [1.82, 2.24) is 9.97 Å². The molecule has 1 atom stereocenters. The standard InChI is InChI=1S/C22H19Cl2N5O4/c1-10-3-4-14(33-2)8-16(10)26-20(31)15-9-17(30)27-19-18(15)21(32)29-22(28-19)25-13-6-11(23)5-12(24)7-13/h3-8,15H,9H2,1-2H3,(H,26,31)(H3,25,27,28,29,30,32).